The Morgan fingerprint density at radius 2 is 1.86 bits per heavy atom. The van der Waals surface area contributed by atoms with Crippen molar-refractivity contribution in [3.8, 4) is 0 Å². The van der Waals surface area contributed by atoms with Crippen molar-refractivity contribution in [2.75, 3.05) is 5.88 Å². The van der Waals surface area contributed by atoms with Gasteiger partial charge in [-0.15, -0.1) is 24.0 Å². The van der Waals surface area contributed by atoms with E-state index in [1.807, 2.05) is 0 Å². The van der Waals surface area contributed by atoms with Gasteiger partial charge in [0.05, 0.1) is 0 Å². The van der Waals surface area contributed by atoms with Gasteiger partial charge in [0.25, 0.3) is 0 Å². The first kappa shape index (κ1) is 10.8. The fourth-order valence-corrected chi connectivity index (χ4v) is 0.525. The van der Waals surface area contributed by atoms with Gasteiger partial charge in [-0.1, -0.05) is 23.2 Å². The van der Waals surface area contributed by atoms with E-state index in [0.29, 0.717) is 5.88 Å². The van der Waals surface area contributed by atoms with Gasteiger partial charge in [-0.25, -0.2) is 0 Å². The normalized spacial score (nSPS) is 6.71. The van der Waals surface area contributed by atoms with E-state index in [4.69, 9.17) is 34.8 Å². The van der Waals surface area contributed by atoms with Crippen LogP contribution in [0.5, 0.6) is 0 Å². The van der Waals surface area contributed by atoms with Crippen LogP contribution in [-0.4, -0.2) is 5.88 Å². The zero-order valence-electron chi connectivity index (χ0n) is 3.33. The second-order valence-corrected chi connectivity index (χ2v) is 1.96. The van der Waals surface area contributed by atoms with Crippen molar-refractivity contribution in [1.29, 1.82) is 0 Å². The fourth-order valence-electron chi connectivity index (χ4n) is 0.0583. The Hall–Kier alpha value is 0.900. The lowest BCUT2D eigenvalue weighted by Gasteiger charge is -1.72. The molecule has 0 atom stereocenters. The molecule has 0 fully saturated rings. The summed E-state index contributed by atoms with van der Waals surface area (Å²) in [6.45, 7) is 0. The predicted octanol–water partition coefficient (Wildman–Crippen LogP) is 2.97. The van der Waals surface area contributed by atoms with Crippen LogP contribution in [0.15, 0.2) is 10.6 Å². The highest BCUT2D eigenvalue weighted by Crippen LogP contribution is 2.04. The number of hydrogen-bond acceptors (Lipinski definition) is 0. The third kappa shape index (κ3) is 10.9. The Kier molecular flexibility index (Phi) is 10.7. The molecular weight excluding hydrogens is 178 g/mol. The summed E-state index contributed by atoms with van der Waals surface area (Å²) in [4.78, 5) is 0. The molecule has 0 radical (unpaired) electrons. The molecule has 0 saturated heterocycles. The van der Waals surface area contributed by atoms with Gasteiger partial charge in [-0.05, 0) is 6.08 Å². The topological polar surface area (TPSA) is 0 Å². The largest absolute Gasteiger partial charge is 0.147 e. The first-order valence-electron chi connectivity index (χ1n) is 1.34. The minimum absolute atomic E-state index is 0. The Bertz CT molecular complexity index is 54.0. The minimum atomic E-state index is 0. The molecule has 0 nitrogen and oxygen atoms in total. The lowest BCUT2D eigenvalue weighted by molar-refractivity contribution is 1.77. The van der Waals surface area contributed by atoms with Gasteiger partial charge >= 0.3 is 0 Å². The van der Waals surface area contributed by atoms with E-state index < -0.39 is 0 Å². The third-order valence-corrected chi connectivity index (χ3v) is 0.694. The van der Waals surface area contributed by atoms with E-state index in [1.165, 1.54) is 6.08 Å². The molecule has 7 heavy (non-hydrogen) atoms. The second-order valence-electron chi connectivity index (χ2n) is 0.648. The summed E-state index contributed by atoms with van der Waals surface area (Å²) in [6, 6.07) is 0. The van der Waals surface area contributed by atoms with Crippen LogP contribution in [0.2, 0.25) is 0 Å². The van der Waals surface area contributed by atoms with E-state index in [2.05, 4.69) is 0 Å². The van der Waals surface area contributed by atoms with E-state index in [-0.39, 0.29) is 16.9 Å². The lowest BCUT2D eigenvalue weighted by Crippen LogP contribution is -1.56. The van der Waals surface area contributed by atoms with Crippen molar-refractivity contribution >= 4 is 47.2 Å². The Labute approximate surface area is 63.8 Å². The van der Waals surface area contributed by atoms with Gasteiger partial charge in [0.2, 0.25) is 0 Å². The predicted molar refractivity (Wildman–Crippen MR) is 37.8 cm³/mol. The average Bonchev–Trinajstić information content (AvgIpc) is 1.35. The summed E-state index contributed by atoms with van der Waals surface area (Å²) in [5.41, 5.74) is 0. The highest BCUT2D eigenvalue weighted by molar-refractivity contribution is 6.56. The fraction of sp³-hybridized carbons (Fsp3) is 0.333. The van der Waals surface area contributed by atoms with Crippen molar-refractivity contribution in [2.45, 2.75) is 0 Å². The monoisotopic (exact) mass is 180 g/mol. The molecule has 0 spiro atoms. The number of alkyl halides is 1. The van der Waals surface area contributed by atoms with Gasteiger partial charge in [-0.3, -0.25) is 0 Å². The van der Waals surface area contributed by atoms with E-state index in [9.17, 15) is 0 Å². The average molecular weight is 182 g/mol. The number of halogens is 4. The summed E-state index contributed by atoms with van der Waals surface area (Å²) < 4.78 is 0.227. The van der Waals surface area contributed by atoms with Crippen LogP contribution in [0, 0.1) is 0 Å². The highest BCUT2D eigenvalue weighted by Gasteiger charge is 1.75. The third-order valence-electron chi connectivity index (χ3n) is 0.231. The van der Waals surface area contributed by atoms with Crippen LogP contribution in [0.25, 0.3) is 0 Å². The van der Waals surface area contributed by atoms with Gasteiger partial charge < -0.3 is 0 Å². The molecule has 0 aromatic carbocycles. The van der Waals surface area contributed by atoms with Crippen molar-refractivity contribution in [1.82, 2.24) is 0 Å². The molecule has 0 bridgehead atoms. The van der Waals surface area contributed by atoms with Crippen molar-refractivity contribution in [3.05, 3.63) is 10.6 Å². The molecule has 0 rings (SSSR count). The number of allylic oxidation sites excluding steroid dienone is 1. The summed E-state index contributed by atoms with van der Waals surface area (Å²) >= 11 is 15.4. The van der Waals surface area contributed by atoms with Crippen LogP contribution < -0.4 is 0 Å². The minimum Gasteiger partial charge on any atom is -0.147 e. The molecule has 0 N–H and O–H groups in total. The molecule has 0 unspecified atom stereocenters. The molecule has 0 amide bonds. The van der Waals surface area contributed by atoms with E-state index in [1.54, 1.807) is 0 Å². The van der Waals surface area contributed by atoms with Gasteiger partial charge in [-0.2, -0.15) is 0 Å². The van der Waals surface area contributed by atoms with Crippen molar-refractivity contribution in [2.24, 2.45) is 0 Å². The Morgan fingerprint density at radius 1 is 1.43 bits per heavy atom. The molecule has 0 aliphatic carbocycles. The van der Waals surface area contributed by atoms with Gasteiger partial charge in [0, 0.05) is 5.88 Å². The molecule has 0 aliphatic rings. The smallest absolute Gasteiger partial charge is 0.104 e. The lowest BCUT2D eigenvalue weighted by atomic mass is 10.8. The number of hydrogen-bond donors (Lipinski definition) is 0. The van der Waals surface area contributed by atoms with Gasteiger partial charge in [0.1, 0.15) is 4.49 Å². The standard InChI is InChI=1S/C3H3Cl3.ClH/c4-2-1-3(5)6;/h1H,2H2;1H. The number of rotatable bonds is 1. The van der Waals surface area contributed by atoms with E-state index >= 15 is 0 Å². The SMILES string of the molecule is Cl.ClCC=C(Cl)Cl. The summed E-state index contributed by atoms with van der Waals surface area (Å²) in [5.74, 6) is 0.377. The summed E-state index contributed by atoms with van der Waals surface area (Å²) in [6.07, 6.45) is 1.50. The van der Waals surface area contributed by atoms with Crippen LogP contribution >= 0.6 is 47.2 Å². The molecule has 0 aromatic rings. The molecule has 0 aromatic heterocycles. The quantitative estimate of drug-likeness (QED) is 0.546. The molecule has 0 heterocycles. The molecule has 0 aliphatic heterocycles. The Balaban J connectivity index is 0. The highest BCUT2D eigenvalue weighted by atomic mass is 35.5. The first-order chi connectivity index (χ1) is 2.77. The van der Waals surface area contributed by atoms with Crippen LogP contribution in [0.3, 0.4) is 0 Å². The zero-order chi connectivity index (χ0) is 4.99. The maximum absolute atomic E-state index is 5.15. The molecular formula is C3H4Cl4. The van der Waals surface area contributed by atoms with Crippen LogP contribution in [0.4, 0.5) is 0 Å². The Morgan fingerprint density at radius 3 is 1.86 bits per heavy atom. The maximum Gasteiger partial charge on any atom is 0.104 e. The summed E-state index contributed by atoms with van der Waals surface area (Å²) in [5, 5.41) is 0. The maximum atomic E-state index is 5.15. The van der Waals surface area contributed by atoms with Gasteiger partial charge in [0.15, 0.2) is 0 Å². The summed E-state index contributed by atoms with van der Waals surface area (Å²) in [7, 11) is 0. The zero-order valence-corrected chi connectivity index (χ0v) is 6.41. The molecule has 4 heteroatoms. The first-order valence-corrected chi connectivity index (χ1v) is 2.63. The van der Waals surface area contributed by atoms with Crippen LogP contribution in [0.1, 0.15) is 0 Å². The van der Waals surface area contributed by atoms with Crippen molar-refractivity contribution < 1.29 is 0 Å². The van der Waals surface area contributed by atoms with Crippen molar-refractivity contribution in [3.63, 3.8) is 0 Å². The molecule has 0 saturated carbocycles. The molecule has 44 valence electrons. The second kappa shape index (κ2) is 6.90. The van der Waals surface area contributed by atoms with E-state index in [0.717, 1.165) is 0 Å². The van der Waals surface area contributed by atoms with Crippen LogP contribution in [-0.2, 0) is 0 Å².